The third kappa shape index (κ3) is 5.55. The number of fused-ring (bicyclic) bond motifs is 2. The van der Waals surface area contributed by atoms with E-state index in [1.165, 1.54) is 32.6 Å². The molecule has 0 amide bonds. The zero-order valence-electron chi connectivity index (χ0n) is 24.1. The van der Waals surface area contributed by atoms with Gasteiger partial charge in [-0.25, -0.2) is 4.98 Å². The van der Waals surface area contributed by atoms with E-state index in [-0.39, 0.29) is 5.41 Å². The van der Waals surface area contributed by atoms with E-state index in [2.05, 4.69) is 67.0 Å². The fourth-order valence-electron chi connectivity index (χ4n) is 5.93. The van der Waals surface area contributed by atoms with Crippen molar-refractivity contribution in [3.05, 3.63) is 41.2 Å². The van der Waals surface area contributed by atoms with Crippen LogP contribution >= 0.6 is 11.8 Å². The van der Waals surface area contributed by atoms with Gasteiger partial charge in [0.05, 0.1) is 10.6 Å². The lowest BCUT2D eigenvalue weighted by Crippen LogP contribution is -2.35. The Balaban J connectivity index is 0.00000144. The van der Waals surface area contributed by atoms with Gasteiger partial charge in [0.1, 0.15) is 5.82 Å². The molecule has 0 unspecified atom stereocenters. The van der Waals surface area contributed by atoms with Gasteiger partial charge in [-0.3, -0.25) is 0 Å². The van der Waals surface area contributed by atoms with Crippen LogP contribution in [0, 0.1) is 0 Å². The number of nitrogens with zero attached hydrogens (tertiary/aromatic N) is 4. The standard InChI is InChI=1S/C29H39N5OS.C2H6/c1-29(2,3)20-5-6-25-22(17-20)23(18-33(25)4)19-7-12-34(13-8-19)28-31-24-11-16-36-26(24)27(32-28)30-21-9-14-35-15-10-21;1-2/h5-6,17-19,21H,7-16H2,1-4H3,(H,30,31,32);1-2H3. The largest absolute Gasteiger partial charge is 0.381 e. The molecule has 2 saturated heterocycles. The SMILES string of the molecule is CC.Cn1cc(C2CCN(c3nc4c(c(NC5CCOCC5)n3)SCC4)CC2)c2cc(C(C)(C)C)ccc21. The summed E-state index contributed by atoms with van der Waals surface area (Å²) >= 11 is 1.90. The molecule has 1 N–H and O–H groups in total. The smallest absolute Gasteiger partial charge is 0.227 e. The molecule has 38 heavy (non-hydrogen) atoms. The van der Waals surface area contributed by atoms with Gasteiger partial charge in [-0.05, 0) is 60.3 Å². The molecule has 5 heterocycles. The Hall–Kier alpha value is -2.25. The summed E-state index contributed by atoms with van der Waals surface area (Å²) in [7, 11) is 2.18. The van der Waals surface area contributed by atoms with E-state index < -0.39 is 0 Å². The summed E-state index contributed by atoms with van der Waals surface area (Å²) in [5, 5.41) is 5.18. The molecule has 206 valence electrons. The van der Waals surface area contributed by atoms with Crippen molar-refractivity contribution >= 4 is 34.4 Å². The highest BCUT2D eigenvalue weighted by Gasteiger charge is 2.29. The first kappa shape index (κ1) is 27.3. The lowest BCUT2D eigenvalue weighted by Gasteiger charge is -2.33. The van der Waals surface area contributed by atoms with Crippen LogP contribution in [0.3, 0.4) is 0 Å². The number of aromatic nitrogens is 3. The molecule has 2 aromatic heterocycles. The van der Waals surface area contributed by atoms with Crippen molar-refractivity contribution in [2.75, 3.05) is 42.3 Å². The fraction of sp³-hybridized carbons (Fsp3) is 0.613. The summed E-state index contributed by atoms with van der Waals surface area (Å²) in [5.41, 5.74) is 5.64. The van der Waals surface area contributed by atoms with Gasteiger partial charge in [0.2, 0.25) is 5.95 Å². The van der Waals surface area contributed by atoms with Crippen LogP contribution in [-0.4, -0.2) is 52.6 Å². The van der Waals surface area contributed by atoms with E-state index in [0.29, 0.717) is 12.0 Å². The van der Waals surface area contributed by atoms with Crippen molar-refractivity contribution in [3.63, 3.8) is 0 Å². The van der Waals surface area contributed by atoms with Crippen LogP contribution in [0.4, 0.5) is 11.8 Å². The minimum atomic E-state index is 0.157. The number of thioether (sulfide) groups is 1. The van der Waals surface area contributed by atoms with Crippen molar-refractivity contribution in [1.82, 2.24) is 14.5 Å². The third-order valence-electron chi connectivity index (χ3n) is 8.18. The molecular formula is C31H45N5OS. The average Bonchev–Trinajstić information content (AvgIpc) is 3.54. The summed E-state index contributed by atoms with van der Waals surface area (Å²) in [6, 6.07) is 7.48. The van der Waals surface area contributed by atoms with Crippen LogP contribution in [-0.2, 0) is 23.6 Å². The summed E-state index contributed by atoms with van der Waals surface area (Å²) in [4.78, 5) is 13.8. The Morgan fingerprint density at radius 3 is 2.47 bits per heavy atom. The van der Waals surface area contributed by atoms with Crippen LogP contribution in [0.1, 0.15) is 83.0 Å². The molecular weight excluding hydrogens is 490 g/mol. The third-order valence-corrected chi connectivity index (χ3v) is 9.30. The summed E-state index contributed by atoms with van der Waals surface area (Å²) in [6.07, 6.45) is 7.78. The maximum Gasteiger partial charge on any atom is 0.227 e. The van der Waals surface area contributed by atoms with Gasteiger partial charge in [0.15, 0.2) is 0 Å². The zero-order valence-corrected chi connectivity index (χ0v) is 25.0. The summed E-state index contributed by atoms with van der Waals surface area (Å²) < 4.78 is 7.86. The molecule has 0 atom stereocenters. The molecule has 0 bridgehead atoms. The van der Waals surface area contributed by atoms with Crippen LogP contribution in [0.25, 0.3) is 10.9 Å². The van der Waals surface area contributed by atoms with Gasteiger partial charge >= 0.3 is 0 Å². The predicted octanol–water partition coefficient (Wildman–Crippen LogP) is 6.92. The van der Waals surface area contributed by atoms with E-state index in [0.717, 1.165) is 75.9 Å². The minimum Gasteiger partial charge on any atom is -0.381 e. The Morgan fingerprint density at radius 2 is 1.76 bits per heavy atom. The fourth-order valence-corrected chi connectivity index (χ4v) is 6.99. The van der Waals surface area contributed by atoms with Crippen molar-refractivity contribution in [2.24, 2.45) is 7.05 Å². The zero-order chi connectivity index (χ0) is 26.9. The van der Waals surface area contributed by atoms with Gasteiger partial charge in [-0.1, -0.05) is 40.7 Å². The quantitative estimate of drug-likeness (QED) is 0.392. The molecule has 7 heteroatoms. The Bertz CT molecular complexity index is 1250. The Kier molecular flexibility index (Phi) is 8.25. The number of hydrogen-bond donors (Lipinski definition) is 1. The monoisotopic (exact) mass is 535 g/mol. The molecule has 2 fully saturated rings. The van der Waals surface area contributed by atoms with Gasteiger partial charge in [0.25, 0.3) is 0 Å². The summed E-state index contributed by atoms with van der Waals surface area (Å²) in [6.45, 7) is 14.6. The average molecular weight is 536 g/mol. The van der Waals surface area contributed by atoms with E-state index in [1.807, 2.05) is 25.6 Å². The molecule has 3 aliphatic heterocycles. The highest BCUT2D eigenvalue weighted by atomic mass is 32.2. The second-order valence-corrected chi connectivity index (χ2v) is 12.8. The minimum absolute atomic E-state index is 0.157. The van der Waals surface area contributed by atoms with Crippen molar-refractivity contribution in [3.8, 4) is 0 Å². The van der Waals surface area contributed by atoms with Crippen LogP contribution in [0.15, 0.2) is 29.3 Å². The van der Waals surface area contributed by atoms with Crippen molar-refractivity contribution < 1.29 is 4.74 Å². The number of hydrogen-bond acceptors (Lipinski definition) is 6. The molecule has 1 aromatic carbocycles. The van der Waals surface area contributed by atoms with Gasteiger partial charge in [0, 0.05) is 68.7 Å². The van der Waals surface area contributed by atoms with Crippen LogP contribution in [0.5, 0.6) is 0 Å². The number of anilines is 2. The second kappa shape index (κ2) is 11.5. The van der Waals surface area contributed by atoms with E-state index in [4.69, 9.17) is 14.7 Å². The molecule has 0 aliphatic carbocycles. The van der Waals surface area contributed by atoms with Gasteiger partial charge in [-0.2, -0.15) is 4.98 Å². The number of piperidine rings is 1. The van der Waals surface area contributed by atoms with Gasteiger partial charge < -0.3 is 19.5 Å². The molecule has 6 rings (SSSR count). The normalized spacial score (nSPS) is 18.8. The molecule has 0 saturated carbocycles. The maximum absolute atomic E-state index is 5.56. The maximum atomic E-state index is 5.56. The number of nitrogens with one attached hydrogen (secondary N) is 1. The molecule has 0 radical (unpaired) electrons. The Labute approximate surface area is 232 Å². The Morgan fingerprint density at radius 1 is 1.03 bits per heavy atom. The lowest BCUT2D eigenvalue weighted by atomic mass is 9.84. The second-order valence-electron chi connectivity index (χ2n) is 11.7. The van der Waals surface area contributed by atoms with Crippen LogP contribution < -0.4 is 10.2 Å². The highest BCUT2D eigenvalue weighted by Crippen LogP contribution is 2.40. The van der Waals surface area contributed by atoms with E-state index in [9.17, 15) is 0 Å². The number of ether oxygens (including phenoxy) is 1. The molecule has 3 aromatic rings. The van der Waals surface area contributed by atoms with Crippen molar-refractivity contribution in [1.29, 1.82) is 0 Å². The molecule has 6 nitrogen and oxygen atoms in total. The topological polar surface area (TPSA) is 55.2 Å². The van der Waals surface area contributed by atoms with E-state index in [1.54, 1.807) is 0 Å². The first-order chi connectivity index (χ1) is 18.4. The van der Waals surface area contributed by atoms with Crippen molar-refractivity contribution in [2.45, 2.75) is 89.0 Å². The van der Waals surface area contributed by atoms with E-state index >= 15 is 0 Å². The predicted molar refractivity (Wildman–Crippen MR) is 161 cm³/mol. The van der Waals surface area contributed by atoms with Crippen LogP contribution in [0.2, 0.25) is 0 Å². The first-order valence-electron chi connectivity index (χ1n) is 14.6. The van der Waals surface area contributed by atoms with Gasteiger partial charge in [-0.15, -0.1) is 11.8 Å². The summed E-state index contributed by atoms with van der Waals surface area (Å²) in [5.74, 6) is 3.65. The first-order valence-corrected chi connectivity index (χ1v) is 15.6. The number of benzene rings is 1. The molecule has 0 spiro atoms. The molecule has 3 aliphatic rings. The highest BCUT2D eigenvalue weighted by molar-refractivity contribution is 7.99. The lowest BCUT2D eigenvalue weighted by molar-refractivity contribution is 0.0903. The number of aryl methyl sites for hydroxylation is 2. The number of rotatable bonds is 4.